The van der Waals surface area contributed by atoms with Gasteiger partial charge in [0, 0.05) is 12.1 Å². The summed E-state index contributed by atoms with van der Waals surface area (Å²) in [6.07, 6.45) is 1.80. The van der Waals surface area contributed by atoms with Crippen molar-refractivity contribution in [3.63, 3.8) is 0 Å². The Morgan fingerprint density at radius 3 is 2.40 bits per heavy atom. The van der Waals surface area contributed by atoms with Crippen molar-refractivity contribution < 1.29 is 14.7 Å². The van der Waals surface area contributed by atoms with Crippen LogP contribution in [0.4, 0.5) is 0 Å². The number of aldehydes is 1. The molecule has 0 radical (unpaired) electrons. The van der Waals surface area contributed by atoms with Gasteiger partial charge in [0.15, 0.2) is 0 Å². The Bertz CT molecular complexity index is 317. The van der Waals surface area contributed by atoms with Crippen LogP contribution in [0.2, 0.25) is 0 Å². The summed E-state index contributed by atoms with van der Waals surface area (Å²) in [6.45, 7) is 5.19. The summed E-state index contributed by atoms with van der Waals surface area (Å²) in [5.74, 6) is -1.03. The molecule has 6 heteroatoms. The molecule has 1 rings (SSSR count). The third-order valence-electron chi connectivity index (χ3n) is 4.10. The molecule has 20 heavy (non-hydrogen) atoms. The van der Waals surface area contributed by atoms with Crippen LogP contribution in [0.5, 0.6) is 0 Å². The Kier molecular flexibility index (Phi) is 7.12. The zero-order valence-corrected chi connectivity index (χ0v) is 12.6. The standard InChI is InChI=1S/C14H27N3O3/c1-9(13(15-3)12(8-18)10(2)19)14(20)17-11-4-6-16-7-5-11/h8-13,15-16,19H,4-7H2,1-3H3,(H,17,20)/t9-,10-,12-,13-/m1/s1. The third kappa shape index (κ3) is 4.54. The predicted octanol–water partition coefficient (Wildman–Crippen LogP) is -0.725. The molecule has 1 heterocycles. The normalized spacial score (nSPS) is 22.6. The number of amides is 1. The van der Waals surface area contributed by atoms with E-state index in [4.69, 9.17) is 0 Å². The number of rotatable bonds is 7. The molecule has 0 unspecified atom stereocenters. The zero-order chi connectivity index (χ0) is 15.1. The highest BCUT2D eigenvalue weighted by Crippen LogP contribution is 2.16. The molecule has 0 aromatic carbocycles. The first-order chi connectivity index (χ1) is 9.51. The van der Waals surface area contributed by atoms with Gasteiger partial charge in [-0.3, -0.25) is 4.79 Å². The number of carbonyl (C=O) groups excluding carboxylic acids is 2. The molecule has 4 N–H and O–H groups in total. The topological polar surface area (TPSA) is 90.5 Å². The van der Waals surface area contributed by atoms with Crippen LogP contribution in [0.25, 0.3) is 0 Å². The van der Waals surface area contributed by atoms with Crippen LogP contribution < -0.4 is 16.0 Å². The third-order valence-corrected chi connectivity index (χ3v) is 4.10. The molecule has 1 saturated heterocycles. The number of aliphatic hydroxyl groups excluding tert-OH is 1. The van der Waals surface area contributed by atoms with E-state index in [-0.39, 0.29) is 23.9 Å². The molecule has 0 aliphatic carbocycles. The Labute approximate surface area is 120 Å². The van der Waals surface area contributed by atoms with Crippen LogP contribution >= 0.6 is 0 Å². The molecule has 116 valence electrons. The van der Waals surface area contributed by atoms with E-state index in [0.29, 0.717) is 0 Å². The molecular formula is C14H27N3O3. The van der Waals surface area contributed by atoms with Gasteiger partial charge in [-0.1, -0.05) is 6.92 Å². The summed E-state index contributed by atoms with van der Waals surface area (Å²) in [6, 6.07) is -0.167. The number of piperidine rings is 1. The largest absolute Gasteiger partial charge is 0.393 e. The molecule has 0 saturated carbocycles. The maximum atomic E-state index is 12.3. The zero-order valence-electron chi connectivity index (χ0n) is 12.6. The minimum absolute atomic E-state index is 0.0660. The summed E-state index contributed by atoms with van der Waals surface area (Å²) in [4.78, 5) is 23.4. The first-order valence-electron chi connectivity index (χ1n) is 7.33. The Balaban J connectivity index is 2.61. The number of aliphatic hydroxyl groups is 1. The van der Waals surface area contributed by atoms with E-state index < -0.39 is 12.0 Å². The van der Waals surface area contributed by atoms with Crippen molar-refractivity contribution >= 4 is 12.2 Å². The minimum atomic E-state index is -0.779. The van der Waals surface area contributed by atoms with Gasteiger partial charge in [0.1, 0.15) is 6.29 Å². The van der Waals surface area contributed by atoms with Crippen molar-refractivity contribution in [1.82, 2.24) is 16.0 Å². The molecular weight excluding hydrogens is 258 g/mol. The fourth-order valence-corrected chi connectivity index (χ4v) is 2.74. The van der Waals surface area contributed by atoms with E-state index >= 15 is 0 Å². The Morgan fingerprint density at radius 1 is 1.35 bits per heavy atom. The summed E-state index contributed by atoms with van der Waals surface area (Å²) in [5, 5.41) is 18.9. The second-order valence-electron chi connectivity index (χ2n) is 5.59. The molecule has 1 aliphatic heterocycles. The maximum absolute atomic E-state index is 12.3. The highest BCUT2D eigenvalue weighted by Gasteiger charge is 2.33. The van der Waals surface area contributed by atoms with Crippen molar-refractivity contribution in [3.8, 4) is 0 Å². The summed E-state index contributed by atoms with van der Waals surface area (Å²) < 4.78 is 0. The molecule has 0 spiro atoms. The van der Waals surface area contributed by atoms with Gasteiger partial charge in [0.05, 0.1) is 17.9 Å². The fourth-order valence-electron chi connectivity index (χ4n) is 2.74. The van der Waals surface area contributed by atoms with Crippen molar-refractivity contribution in [2.24, 2.45) is 11.8 Å². The molecule has 0 aromatic heterocycles. The molecule has 1 amide bonds. The smallest absolute Gasteiger partial charge is 0.224 e. The second-order valence-corrected chi connectivity index (χ2v) is 5.59. The van der Waals surface area contributed by atoms with Gasteiger partial charge >= 0.3 is 0 Å². The highest BCUT2D eigenvalue weighted by atomic mass is 16.3. The second kappa shape index (κ2) is 8.34. The average molecular weight is 285 g/mol. The van der Waals surface area contributed by atoms with Crippen molar-refractivity contribution in [2.75, 3.05) is 20.1 Å². The van der Waals surface area contributed by atoms with Crippen molar-refractivity contribution in [3.05, 3.63) is 0 Å². The van der Waals surface area contributed by atoms with Gasteiger partial charge < -0.3 is 25.9 Å². The maximum Gasteiger partial charge on any atom is 0.224 e. The molecule has 0 bridgehead atoms. The van der Waals surface area contributed by atoms with Gasteiger partial charge in [0.2, 0.25) is 5.91 Å². The first-order valence-corrected chi connectivity index (χ1v) is 7.33. The SMILES string of the molecule is CN[C@@H]([C@H](C=O)[C@@H](C)O)[C@@H](C)C(=O)NC1CCNCC1. The van der Waals surface area contributed by atoms with E-state index in [1.165, 1.54) is 0 Å². The lowest BCUT2D eigenvalue weighted by Crippen LogP contribution is -2.52. The van der Waals surface area contributed by atoms with Crippen molar-refractivity contribution in [1.29, 1.82) is 0 Å². The number of hydrogen-bond donors (Lipinski definition) is 4. The van der Waals surface area contributed by atoms with Crippen molar-refractivity contribution in [2.45, 2.75) is 44.9 Å². The summed E-state index contributed by atoms with van der Waals surface area (Å²) in [5.41, 5.74) is 0. The molecule has 0 aromatic rings. The fraction of sp³-hybridized carbons (Fsp3) is 0.857. The van der Waals surface area contributed by atoms with E-state index in [1.807, 2.05) is 0 Å². The van der Waals surface area contributed by atoms with Crippen LogP contribution in [-0.2, 0) is 9.59 Å². The van der Waals surface area contributed by atoms with Crippen LogP contribution in [0, 0.1) is 11.8 Å². The lowest BCUT2D eigenvalue weighted by molar-refractivity contribution is -0.128. The van der Waals surface area contributed by atoms with E-state index in [0.717, 1.165) is 32.2 Å². The Morgan fingerprint density at radius 2 is 1.95 bits per heavy atom. The van der Waals surface area contributed by atoms with Gasteiger partial charge in [-0.2, -0.15) is 0 Å². The lowest BCUT2D eigenvalue weighted by atomic mass is 9.86. The monoisotopic (exact) mass is 285 g/mol. The first kappa shape index (κ1) is 17.1. The quantitative estimate of drug-likeness (QED) is 0.463. The number of nitrogens with one attached hydrogen (secondary N) is 3. The van der Waals surface area contributed by atoms with Gasteiger partial charge in [0.25, 0.3) is 0 Å². The summed E-state index contributed by atoms with van der Waals surface area (Å²) >= 11 is 0. The van der Waals surface area contributed by atoms with E-state index in [9.17, 15) is 14.7 Å². The van der Waals surface area contributed by atoms with Gasteiger partial charge in [-0.15, -0.1) is 0 Å². The van der Waals surface area contributed by atoms with Crippen LogP contribution in [0.15, 0.2) is 0 Å². The minimum Gasteiger partial charge on any atom is -0.393 e. The predicted molar refractivity (Wildman–Crippen MR) is 77.3 cm³/mol. The molecule has 4 atom stereocenters. The van der Waals surface area contributed by atoms with Gasteiger partial charge in [-0.05, 0) is 39.9 Å². The van der Waals surface area contributed by atoms with Crippen LogP contribution in [0.3, 0.4) is 0 Å². The van der Waals surface area contributed by atoms with Crippen LogP contribution in [-0.4, -0.2) is 55.6 Å². The van der Waals surface area contributed by atoms with E-state index in [2.05, 4.69) is 16.0 Å². The number of carbonyl (C=O) groups is 2. The molecule has 6 nitrogen and oxygen atoms in total. The lowest BCUT2D eigenvalue weighted by Gasteiger charge is -2.31. The highest BCUT2D eigenvalue weighted by molar-refractivity contribution is 5.80. The van der Waals surface area contributed by atoms with Crippen LogP contribution in [0.1, 0.15) is 26.7 Å². The molecule has 1 aliphatic rings. The van der Waals surface area contributed by atoms with Gasteiger partial charge in [-0.25, -0.2) is 0 Å². The average Bonchev–Trinajstić information content (AvgIpc) is 2.44. The number of hydrogen-bond acceptors (Lipinski definition) is 5. The molecule has 1 fully saturated rings. The summed E-state index contributed by atoms with van der Waals surface area (Å²) in [7, 11) is 1.71. The Hall–Kier alpha value is -0.980. The van der Waals surface area contributed by atoms with E-state index in [1.54, 1.807) is 20.9 Å².